The van der Waals surface area contributed by atoms with Crippen molar-refractivity contribution in [3.05, 3.63) is 64.1 Å². The predicted molar refractivity (Wildman–Crippen MR) is 112 cm³/mol. The number of ether oxygens (including phenoxy) is 1. The molecule has 2 aromatic carbocycles. The number of nitrogens with one attached hydrogen (secondary N) is 1. The third-order valence-corrected chi connectivity index (χ3v) is 6.15. The molecule has 7 nitrogen and oxygen atoms in total. The van der Waals surface area contributed by atoms with Crippen LogP contribution < -0.4 is 5.32 Å². The van der Waals surface area contributed by atoms with Crippen LogP contribution in [0.3, 0.4) is 0 Å². The van der Waals surface area contributed by atoms with Gasteiger partial charge in [-0.3, -0.25) is 4.79 Å². The molecule has 154 valence electrons. The van der Waals surface area contributed by atoms with Gasteiger partial charge in [-0.1, -0.05) is 35.3 Å². The first-order chi connectivity index (χ1) is 13.6. The first kappa shape index (κ1) is 22.9. The summed E-state index contributed by atoms with van der Waals surface area (Å²) < 4.78 is 30.2. The molecule has 2 aromatic rings. The molecule has 0 radical (unpaired) electrons. The molecule has 1 N–H and O–H groups in total. The molecule has 0 aliphatic carbocycles. The fourth-order valence-electron chi connectivity index (χ4n) is 2.11. The van der Waals surface area contributed by atoms with E-state index in [9.17, 15) is 18.0 Å². The minimum atomic E-state index is -3.63. The van der Waals surface area contributed by atoms with Crippen LogP contribution in [0.25, 0.3) is 6.08 Å². The Labute approximate surface area is 178 Å². The van der Waals surface area contributed by atoms with Crippen LogP contribution in [0.5, 0.6) is 0 Å². The van der Waals surface area contributed by atoms with E-state index in [0.29, 0.717) is 15.6 Å². The van der Waals surface area contributed by atoms with E-state index in [1.54, 1.807) is 18.2 Å². The Morgan fingerprint density at radius 2 is 1.83 bits per heavy atom. The first-order valence-corrected chi connectivity index (χ1v) is 10.4. The highest BCUT2D eigenvalue weighted by Gasteiger charge is 2.17. The highest BCUT2D eigenvalue weighted by Crippen LogP contribution is 2.23. The van der Waals surface area contributed by atoms with E-state index >= 15 is 0 Å². The van der Waals surface area contributed by atoms with Crippen LogP contribution in [0.15, 0.2) is 53.4 Å². The number of esters is 1. The van der Waals surface area contributed by atoms with Gasteiger partial charge in [0.05, 0.1) is 14.9 Å². The molecule has 0 bridgehead atoms. The lowest BCUT2D eigenvalue weighted by atomic mass is 10.2. The van der Waals surface area contributed by atoms with Crippen molar-refractivity contribution < 1.29 is 22.7 Å². The lowest BCUT2D eigenvalue weighted by Gasteiger charge is -2.12. The maximum absolute atomic E-state index is 12.1. The fourth-order valence-corrected chi connectivity index (χ4v) is 3.36. The van der Waals surface area contributed by atoms with Crippen LogP contribution in [0.2, 0.25) is 10.0 Å². The van der Waals surface area contributed by atoms with Gasteiger partial charge in [0, 0.05) is 25.9 Å². The average molecular weight is 457 g/mol. The van der Waals surface area contributed by atoms with Gasteiger partial charge in [0.15, 0.2) is 6.61 Å². The summed E-state index contributed by atoms with van der Waals surface area (Å²) in [6.07, 6.45) is 2.62. The third kappa shape index (κ3) is 6.57. The number of benzene rings is 2. The second kappa shape index (κ2) is 9.89. The second-order valence-electron chi connectivity index (χ2n) is 5.98. The van der Waals surface area contributed by atoms with Gasteiger partial charge in [0.2, 0.25) is 10.0 Å². The van der Waals surface area contributed by atoms with E-state index in [0.717, 1.165) is 10.4 Å². The van der Waals surface area contributed by atoms with E-state index in [1.807, 2.05) is 0 Å². The number of sulfonamides is 1. The SMILES string of the molecule is CN(C)S(=O)(=O)c1cccc(NC(=O)COC(=O)C=Cc2ccc(Cl)c(Cl)c2)c1. The molecule has 0 spiro atoms. The molecular weight excluding hydrogens is 439 g/mol. The molecule has 0 unspecified atom stereocenters. The van der Waals surface area contributed by atoms with Crippen LogP contribution in [0.1, 0.15) is 5.56 Å². The number of amides is 1. The molecule has 0 aromatic heterocycles. The smallest absolute Gasteiger partial charge is 0.331 e. The molecule has 29 heavy (non-hydrogen) atoms. The molecule has 0 aliphatic rings. The fraction of sp³-hybridized carbons (Fsp3) is 0.158. The Morgan fingerprint density at radius 3 is 2.48 bits per heavy atom. The zero-order valence-electron chi connectivity index (χ0n) is 15.6. The summed E-state index contributed by atoms with van der Waals surface area (Å²) >= 11 is 11.7. The number of halogens is 2. The lowest BCUT2D eigenvalue weighted by molar-refractivity contribution is -0.142. The molecule has 10 heteroatoms. The Morgan fingerprint density at radius 1 is 1.10 bits per heavy atom. The lowest BCUT2D eigenvalue weighted by Crippen LogP contribution is -2.23. The number of nitrogens with zero attached hydrogens (tertiary/aromatic N) is 1. The van der Waals surface area contributed by atoms with E-state index in [4.69, 9.17) is 27.9 Å². The minimum absolute atomic E-state index is 0.0295. The van der Waals surface area contributed by atoms with Crippen molar-refractivity contribution in [3.8, 4) is 0 Å². The van der Waals surface area contributed by atoms with Crippen LogP contribution in [-0.2, 0) is 24.3 Å². The van der Waals surface area contributed by atoms with Gasteiger partial charge in [0.1, 0.15) is 0 Å². The third-order valence-electron chi connectivity index (χ3n) is 3.60. The summed E-state index contributed by atoms with van der Waals surface area (Å²) in [6.45, 7) is -0.533. The molecule has 0 fully saturated rings. The summed E-state index contributed by atoms with van der Waals surface area (Å²) in [4.78, 5) is 23.7. The Bertz CT molecular complexity index is 1050. The van der Waals surface area contributed by atoms with E-state index < -0.39 is 28.5 Å². The minimum Gasteiger partial charge on any atom is -0.452 e. The summed E-state index contributed by atoms with van der Waals surface area (Å²) in [5.41, 5.74) is 0.903. The monoisotopic (exact) mass is 456 g/mol. The van der Waals surface area contributed by atoms with Crippen molar-refractivity contribution in [3.63, 3.8) is 0 Å². The molecule has 0 aliphatic heterocycles. The summed E-state index contributed by atoms with van der Waals surface area (Å²) in [6, 6.07) is 10.6. The normalized spacial score (nSPS) is 11.6. The van der Waals surface area contributed by atoms with Gasteiger partial charge in [-0.05, 0) is 42.0 Å². The highest BCUT2D eigenvalue weighted by atomic mass is 35.5. The number of anilines is 1. The van der Waals surface area contributed by atoms with Gasteiger partial charge >= 0.3 is 5.97 Å². The molecule has 0 saturated heterocycles. The standard InChI is InChI=1S/C19H18Cl2N2O5S/c1-23(2)29(26,27)15-5-3-4-14(11-15)22-18(24)12-28-19(25)9-7-13-6-8-16(20)17(21)10-13/h3-11H,12H2,1-2H3,(H,22,24). The Kier molecular flexibility index (Phi) is 7.80. The first-order valence-electron chi connectivity index (χ1n) is 8.22. The van der Waals surface area contributed by atoms with Crippen molar-refractivity contribution in [2.45, 2.75) is 4.90 Å². The second-order valence-corrected chi connectivity index (χ2v) is 8.94. The molecule has 2 rings (SSSR count). The van der Waals surface area contributed by atoms with Crippen LogP contribution >= 0.6 is 23.2 Å². The van der Waals surface area contributed by atoms with E-state index in [-0.39, 0.29) is 10.6 Å². The molecule has 0 atom stereocenters. The molecule has 0 heterocycles. The van der Waals surface area contributed by atoms with Crippen molar-refractivity contribution in [1.82, 2.24) is 4.31 Å². The van der Waals surface area contributed by atoms with Crippen molar-refractivity contribution in [2.24, 2.45) is 0 Å². The van der Waals surface area contributed by atoms with Crippen LogP contribution in [0, 0.1) is 0 Å². The summed E-state index contributed by atoms with van der Waals surface area (Å²) in [5, 5.41) is 3.22. The van der Waals surface area contributed by atoms with Crippen molar-refractivity contribution in [2.75, 3.05) is 26.0 Å². The largest absolute Gasteiger partial charge is 0.452 e. The quantitative estimate of drug-likeness (QED) is 0.508. The van der Waals surface area contributed by atoms with E-state index in [1.165, 1.54) is 44.4 Å². The highest BCUT2D eigenvalue weighted by molar-refractivity contribution is 7.89. The van der Waals surface area contributed by atoms with Gasteiger partial charge in [0.25, 0.3) is 5.91 Å². The molecular formula is C19H18Cl2N2O5S. The Hall–Kier alpha value is -2.39. The molecule has 1 amide bonds. The number of carbonyl (C=O) groups excluding carboxylic acids is 2. The summed E-state index contributed by atoms with van der Waals surface area (Å²) in [7, 11) is -0.814. The van der Waals surface area contributed by atoms with Gasteiger partial charge in [-0.15, -0.1) is 0 Å². The number of hydrogen-bond donors (Lipinski definition) is 1. The van der Waals surface area contributed by atoms with Crippen LogP contribution in [-0.4, -0.2) is 45.3 Å². The van der Waals surface area contributed by atoms with Crippen molar-refractivity contribution >= 4 is 56.9 Å². The maximum atomic E-state index is 12.1. The zero-order valence-corrected chi connectivity index (χ0v) is 17.9. The topological polar surface area (TPSA) is 92.8 Å². The number of rotatable bonds is 7. The predicted octanol–water partition coefficient (Wildman–Crippen LogP) is 3.44. The maximum Gasteiger partial charge on any atom is 0.331 e. The van der Waals surface area contributed by atoms with E-state index in [2.05, 4.69) is 5.32 Å². The van der Waals surface area contributed by atoms with Gasteiger partial charge < -0.3 is 10.1 Å². The van der Waals surface area contributed by atoms with Gasteiger partial charge in [-0.25, -0.2) is 17.5 Å². The summed E-state index contributed by atoms with van der Waals surface area (Å²) in [5.74, 6) is -1.34. The number of carbonyl (C=O) groups is 2. The van der Waals surface area contributed by atoms with Gasteiger partial charge in [-0.2, -0.15) is 0 Å². The Balaban J connectivity index is 1.92. The zero-order chi connectivity index (χ0) is 21.6. The average Bonchev–Trinajstić information content (AvgIpc) is 2.67. The van der Waals surface area contributed by atoms with Crippen LogP contribution in [0.4, 0.5) is 5.69 Å². The number of hydrogen-bond acceptors (Lipinski definition) is 5. The molecule has 0 saturated carbocycles. The van der Waals surface area contributed by atoms with Crippen molar-refractivity contribution in [1.29, 1.82) is 0 Å².